The van der Waals surface area contributed by atoms with Crippen LogP contribution >= 0.6 is 0 Å². The van der Waals surface area contributed by atoms with E-state index in [0.29, 0.717) is 19.3 Å². The molecule has 0 aromatic carbocycles. The zero-order chi connectivity index (χ0) is 14.7. The number of carbonyl (C=O) groups is 1. The monoisotopic (exact) mass is 281 g/mol. The number of rotatable bonds is 4. The van der Waals surface area contributed by atoms with E-state index in [1.165, 1.54) is 0 Å². The third kappa shape index (κ3) is 3.11. The Labute approximate surface area is 117 Å². The Morgan fingerprint density at radius 3 is 3.00 bits per heavy atom. The summed E-state index contributed by atoms with van der Waals surface area (Å²) in [6.45, 7) is 1.40. The summed E-state index contributed by atoms with van der Waals surface area (Å²) in [7, 11) is 0. The average molecular weight is 281 g/mol. The molecule has 2 aliphatic rings. The molecular formula is C14H19NO5. The van der Waals surface area contributed by atoms with Crippen LogP contribution in [0.25, 0.3) is 0 Å². The van der Waals surface area contributed by atoms with Gasteiger partial charge in [0.1, 0.15) is 6.10 Å². The van der Waals surface area contributed by atoms with Crippen LogP contribution in [-0.2, 0) is 9.63 Å². The number of aliphatic hydroxyl groups excluding tert-OH is 2. The normalized spacial score (nSPS) is 34.6. The predicted octanol–water partition coefficient (Wildman–Crippen LogP) is 0.235. The van der Waals surface area contributed by atoms with Crippen molar-refractivity contribution in [2.24, 2.45) is 22.9 Å². The lowest BCUT2D eigenvalue weighted by molar-refractivity contribution is -0.142. The highest BCUT2D eigenvalue weighted by molar-refractivity contribution is 5.93. The molecule has 2 saturated carbocycles. The Hall–Kier alpha value is -1.58. The van der Waals surface area contributed by atoms with E-state index in [1.54, 1.807) is 0 Å². The van der Waals surface area contributed by atoms with Gasteiger partial charge in [0.2, 0.25) is 6.61 Å². The molecule has 0 heterocycles. The zero-order valence-electron chi connectivity index (χ0n) is 11.3. The molecule has 5 unspecified atom stereocenters. The largest absolute Gasteiger partial charge is 0.479 e. The number of fused-ring (bicyclic) bond motifs is 1. The molecule has 0 amide bonds. The number of hydrogen-bond acceptors (Lipinski definition) is 5. The molecule has 0 aromatic rings. The number of nitrogens with zero attached hydrogens (tertiary/aromatic N) is 1. The van der Waals surface area contributed by atoms with Crippen molar-refractivity contribution in [3.8, 4) is 11.8 Å². The molecule has 110 valence electrons. The molecule has 0 saturated heterocycles. The Balaban J connectivity index is 1.91. The van der Waals surface area contributed by atoms with E-state index in [9.17, 15) is 15.0 Å². The van der Waals surface area contributed by atoms with Crippen LogP contribution in [0.2, 0.25) is 0 Å². The first-order chi connectivity index (χ1) is 9.52. The van der Waals surface area contributed by atoms with Crippen LogP contribution in [0.5, 0.6) is 0 Å². The minimum Gasteiger partial charge on any atom is -0.479 e. The molecule has 0 spiro atoms. The van der Waals surface area contributed by atoms with Gasteiger partial charge in [0, 0.05) is 11.8 Å². The maximum absolute atomic E-state index is 10.3. The highest BCUT2D eigenvalue weighted by Crippen LogP contribution is 2.47. The molecule has 0 radical (unpaired) electrons. The van der Waals surface area contributed by atoms with E-state index in [0.717, 1.165) is 5.71 Å². The minimum atomic E-state index is -1.06. The second-order valence-corrected chi connectivity index (χ2v) is 5.27. The second kappa shape index (κ2) is 6.25. The summed E-state index contributed by atoms with van der Waals surface area (Å²) in [5.41, 5.74) is 0.802. The molecule has 0 aliphatic heterocycles. The molecule has 2 fully saturated rings. The minimum absolute atomic E-state index is 0.122. The van der Waals surface area contributed by atoms with Crippen LogP contribution in [0.1, 0.15) is 26.2 Å². The smallest absolute Gasteiger partial charge is 0.344 e. The zero-order valence-corrected chi connectivity index (χ0v) is 11.3. The standard InChI is InChI=1S/C14H19NO5/c1-2-9(16)4-3-8-5-10-11(14(8)19)6-12(10)15-20-7-13(17)18/h8-11,14,16,19H,2,5-7H2,1H3,(H,17,18)/b15-12-. The third-order valence-corrected chi connectivity index (χ3v) is 3.94. The summed E-state index contributed by atoms with van der Waals surface area (Å²) in [6.07, 6.45) is 0.727. The number of oxime groups is 1. The summed E-state index contributed by atoms with van der Waals surface area (Å²) >= 11 is 0. The summed E-state index contributed by atoms with van der Waals surface area (Å²) in [6, 6.07) is 0. The average Bonchev–Trinajstić information content (AvgIpc) is 2.63. The summed E-state index contributed by atoms with van der Waals surface area (Å²) in [5.74, 6) is 4.71. The maximum Gasteiger partial charge on any atom is 0.344 e. The molecule has 2 rings (SSSR count). The molecule has 6 heteroatoms. The fraction of sp³-hybridized carbons (Fsp3) is 0.714. The Morgan fingerprint density at radius 1 is 1.60 bits per heavy atom. The summed E-state index contributed by atoms with van der Waals surface area (Å²) < 4.78 is 0. The van der Waals surface area contributed by atoms with Crippen LogP contribution < -0.4 is 0 Å². The van der Waals surface area contributed by atoms with Crippen LogP contribution in [0.3, 0.4) is 0 Å². The van der Waals surface area contributed by atoms with Crippen molar-refractivity contribution >= 4 is 11.7 Å². The molecular weight excluding hydrogens is 262 g/mol. The Bertz CT molecular complexity index is 464. The number of aliphatic carboxylic acids is 1. The number of carboxylic acids is 1. The molecule has 20 heavy (non-hydrogen) atoms. The molecule has 6 nitrogen and oxygen atoms in total. The van der Waals surface area contributed by atoms with E-state index in [4.69, 9.17) is 9.94 Å². The van der Waals surface area contributed by atoms with Gasteiger partial charge in [-0.25, -0.2) is 4.79 Å². The molecule has 5 atom stereocenters. The van der Waals surface area contributed by atoms with Gasteiger partial charge in [-0.1, -0.05) is 23.9 Å². The van der Waals surface area contributed by atoms with Gasteiger partial charge in [-0.3, -0.25) is 0 Å². The van der Waals surface area contributed by atoms with Crippen molar-refractivity contribution in [3.63, 3.8) is 0 Å². The van der Waals surface area contributed by atoms with Gasteiger partial charge >= 0.3 is 5.97 Å². The topological polar surface area (TPSA) is 99.4 Å². The SMILES string of the molecule is CCC(O)C#CC1CC2/C(=N\OCC(=O)O)CC2C1O. The highest BCUT2D eigenvalue weighted by Gasteiger charge is 2.51. The Morgan fingerprint density at radius 2 is 2.35 bits per heavy atom. The van der Waals surface area contributed by atoms with Crippen LogP contribution in [0, 0.1) is 29.6 Å². The van der Waals surface area contributed by atoms with Gasteiger partial charge in [0.15, 0.2) is 0 Å². The number of carboxylic acid groups (broad SMARTS) is 1. The summed E-state index contributed by atoms with van der Waals surface area (Å²) in [5, 5.41) is 31.8. The highest BCUT2D eigenvalue weighted by atomic mass is 16.6. The molecule has 0 aromatic heterocycles. The first-order valence-corrected chi connectivity index (χ1v) is 6.80. The van der Waals surface area contributed by atoms with Crippen molar-refractivity contribution < 1.29 is 25.0 Å². The van der Waals surface area contributed by atoms with Crippen molar-refractivity contribution in [1.82, 2.24) is 0 Å². The first kappa shape index (κ1) is 14.8. The van der Waals surface area contributed by atoms with E-state index in [2.05, 4.69) is 17.0 Å². The first-order valence-electron chi connectivity index (χ1n) is 6.80. The lowest BCUT2D eigenvalue weighted by atomic mass is 9.73. The van der Waals surface area contributed by atoms with E-state index in [1.807, 2.05) is 6.92 Å². The number of aliphatic hydroxyl groups is 2. The lowest BCUT2D eigenvalue weighted by Gasteiger charge is -2.33. The fourth-order valence-electron chi connectivity index (χ4n) is 2.73. The van der Waals surface area contributed by atoms with Gasteiger partial charge in [0.25, 0.3) is 0 Å². The lowest BCUT2D eigenvalue weighted by Crippen LogP contribution is -2.38. The van der Waals surface area contributed by atoms with Crippen molar-refractivity contribution in [2.45, 2.75) is 38.4 Å². The van der Waals surface area contributed by atoms with E-state index < -0.39 is 24.8 Å². The number of hydrogen-bond donors (Lipinski definition) is 3. The second-order valence-electron chi connectivity index (χ2n) is 5.27. The van der Waals surface area contributed by atoms with Gasteiger partial charge in [-0.05, 0) is 25.2 Å². The van der Waals surface area contributed by atoms with Crippen LogP contribution in [0.15, 0.2) is 5.16 Å². The van der Waals surface area contributed by atoms with Gasteiger partial charge < -0.3 is 20.2 Å². The van der Waals surface area contributed by atoms with Gasteiger partial charge in [-0.2, -0.15) is 0 Å². The third-order valence-electron chi connectivity index (χ3n) is 3.94. The molecule has 2 aliphatic carbocycles. The van der Waals surface area contributed by atoms with Crippen LogP contribution in [0.4, 0.5) is 0 Å². The summed E-state index contributed by atoms with van der Waals surface area (Å²) in [4.78, 5) is 15.0. The van der Waals surface area contributed by atoms with E-state index >= 15 is 0 Å². The van der Waals surface area contributed by atoms with Crippen molar-refractivity contribution in [2.75, 3.05) is 6.61 Å². The Kier molecular flexibility index (Phi) is 4.63. The van der Waals surface area contributed by atoms with Gasteiger partial charge in [0.05, 0.1) is 11.8 Å². The molecule has 3 N–H and O–H groups in total. The van der Waals surface area contributed by atoms with E-state index in [-0.39, 0.29) is 17.8 Å². The van der Waals surface area contributed by atoms with Crippen LogP contribution in [-0.4, -0.2) is 45.8 Å². The van der Waals surface area contributed by atoms with Crippen molar-refractivity contribution in [3.05, 3.63) is 0 Å². The molecule has 0 bridgehead atoms. The fourth-order valence-corrected chi connectivity index (χ4v) is 2.73. The van der Waals surface area contributed by atoms with Crippen molar-refractivity contribution in [1.29, 1.82) is 0 Å². The van der Waals surface area contributed by atoms with Gasteiger partial charge in [-0.15, -0.1) is 0 Å². The maximum atomic E-state index is 10.3. The predicted molar refractivity (Wildman–Crippen MR) is 70.8 cm³/mol. The quantitative estimate of drug-likeness (QED) is 0.506.